The number of hydrogen-bond acceptors (Lipinski definition) is 6. The maximum Gasteiger partial charge on any atom is 0.324 e. The van der Waals surface area contributed by atoms with Crippen molar-refractivity contribution in [3.8, 4) is 5.75 Å². The standard InChI is InChI=1S/C16H24N2O6S/c1-6-10(2)15(16(20)24-5)18-25(21,22)12-7-8-13(17-11(3)19)14(9-12)23-4/h7-10,15,18H,6H2,1-5H3,(H,17,19)/t10-,15-/m0/s1. The van der Waals surface area contributed by atoms with E-state index in [2.05, 4.69) is 14.8 Å². The summed E-state index contributed by atoms with van der Waals surface area (Å²) in [6.45, 7) is 4.93. The van der Waals surface area contributed by atoms with E-state index in [1.165, 1.54) is 39.3 Å². The fraction of sp³-hybridized carbons (Fsp3) is 0.500. The van der Waals surface area contributed by atoms with Gasteiger partial charge < -0.3 is 14.8 Å². The van der Waals surface area contributed by atoms with E-state index in [4.69, 9.17) is 4.74 Å². The van der Waals surface area contributed by atoms with E-state index in [0.717, 1.165) is 0 Å². The number of rotatable bonds is 8. The molecule has 0 aromatic heterocycles. The van der Waals surface area contributed by atoms with Crippen LogP contribution in [0.1, 0.15) is 27.2 Å². The average Bonchev–Trinajstić information content (AvgIpc) is 2.58. The van der Waals surface area contributed by atoms with Gasteiger partial charge in [-0.2, -0.15) is 4.72 Å². The summed E-state index contributed by atoms with van der Waals surface area (Å²) >= 11 is 0. The largest absolute Gasteiger partial charge is 0.495 e. The first-order valence-corrected chi connectivity index (χ1v) is 9.20. The highest BCUT2D eigenvalue weighted by molar-refractivity contribution is 7.89. The Hall–Kier alpha value is -2.13. The molecule has 0 saturated carbocycles. The van der Waals surface area contributed by atoms with Crippen LogP contribution in [0.5, 0.6) is 5.75 Å². The number of hydrogen-bond donors (Lipinski definition) is 2. The van der Waals surface area contributed by atoms with Gasteiger partial charge in [0.1, 0.15) is 11.8 Å². The van der Waals surface area contributed by atoms with Crippen molar-refractivity contribution in [1.29, 1.82) is 0 Å². The molecule has 0 fully saturated rings. The van der Waals surface area contributed by atoms with E-state index < -0.39 is 22.0 Å². The molecule has 0 heterocycles. The topological polar surface area (TPSA) is 111 Å². The van der Waals surface area contributed by atoms with Crippen LogP contribution in [0, 0.1) is 5.92 Å². The molecular formula is C16H24N2O6S. The van der Waals surface area contributed by atoms with Gasteiger partial charge in [-0.1, -0.05) is 20.3 Å². The van der Waals surface area contributed by atoms with E-state index in [-0.39, 0.29) is 22.5 Å². The maximum atomic E-state index is 12.6. The summed E-state index contributed by atoms with van der Waals surface area (Å²) in [5.41, 5.74) is 0.348. The zero-order valence-electron chi connectivity index (χ0n) is 15.0. The molecule has 0 radical (unpaired) electrons. The lowest BCUT2D eigenvalue weighted by Gasteiger charge is -2.22. The molecule has 2 N–H and O–H groups in total. The molecule has 0 unspecified atom stereocenters. The second kappa shape index (κ2) is 8.82. The molecule has 9 heteroatoms. The van der Waals surface area contributed by atoms with Gasteiger partial charge in [0.15, 0.2) is 0 Å². The third-order valence-electron chi connectivity index (χ3n) is 3.74. The predicted molar refractivity (Wildman–Crippen MR) is 92.9 cm³/mol. The zero-order valence-corrected chi connectivity index (χ0v) is 15.8. The minimum atomic E-state index is -3.99. The van der Waals surface area contributed by atoms with Crippen LogP contribution in [0.2, 0.25) is 0 Å². The molecule has 0 saturated heterocycles. The molecule has 8 nitrogen and oxygen atoms in total. The normalized spacial score (nSPS) is 13.6. The quantitative estimate of drug-likeness (QED) is 0.669. The van der Waals surface area contributed by atoms with Crippen LogP contribution in [-0.2, 0) is 24.3 Å². The SMILES string of the molecule is CC[C@H](C)[C@H](NS(=O)(=O)c1ccc(NC(C)=O)c(OC)c1)C(=O)OC. The number of sulfonamides is 1. The molecule has 1 aromatic rings. The molecule has 1 rings (SSSR count). The number of nitrogens with one attached hydrogen (secondary N) is 2. The second-order valence-electron chi connectivity index (χ2n) is 5.55. The molecule has 0 aliphatic heterocycles. The van der Waals surface area contributed by atoms with Crippen molar-refractivity contribution in [2.75, 3.05) is 19.5 Å². The highest BCUT2D eigenvalue weighted by Crippen LogP contribution is 2.28. The number of carbonyl (C=O) groups is 2. The Bertz CT molecular complexity index is 732. The Morgan fingerprint density at radius 2 is 1.88 bits per heavy atom. The number of carbonyl (C=O) groups excluding carboxylic acids is 2. The zero-order chi connectivity index (χ0) is 19.2. The molecule has 0 aliphatic carbocycles. The molecule has 0 bridgehead atoms. The molecule has 0 aliphatic rings. The fourth-order valence-electron chi connectivity index (χ4n) is 2.13. The number of methoxy groups -OCH3 is 2. The van der Waals surface area contributed by atoms with Crippen LogP contribution >= 0.6 is 0 Å². The van der Waals surface area contributed by atoms with Crippen molar-refractivity contribution in [3.63, 3.8) is 0 Å². The van der Waals surface area contributed by atoms with Gasteiger partial charge in [-0.05, 0) is 18.1 Å². The average molecular weight is 372 g/mol. The summed E-state index contributed by atoms with van der Waals surface area (Å²) < 4.78 is 37.4. The summed E-state index contributed by atoms with van der Waals surface area (Å²) in [4.78, 5) is 23.0. The minimum absolute atomic E-state index is 0.0874. The lowest BCUT2D eigenvalue weighted by atomic mass is 10.0. The number of esters is 1. The lowest BCUT2D eigenvalue weighted by molar-refractivity contribution is -0.143. The Kier molecular flexibility index (Phi) is 7.38. The summed E-state index contributed by atoms with van der Waals surface area (Å²) in [6, 6.07) is 3.02. The van der Waals surface area contributed by atoms with Crippen LogP contribution in [0.25, 0.3) is 0 Å². The van der Waals surface area contributed by atoms with Crippen molar-refractivity contribution in [1.82, 2.24) is 4.72 Å². The van der Waals surface area contributed by atoms with Crippen LogP contribution < -0.4 is 14.8 Å². The van der Waals surface area contributed by atoms with Crippen molar-refractivity contribution < 1.29 is 27.5 Å². The van der Waals surface area contributed by atoms with Gasteiger partial charge in [-0.15, -0.1) is 0 Å². The maximum absolute atomic E-state index is 12.6. The number of benzene rings is 1. The predicted octanol–water partition coefficient (Wildman–Crippen LogP) is 1.52. The Labute approximate surface area is 147 Å². The number of amides is 1. The van der Waals surface area contributed by atoms with Crippen LogP contribution in [-0.4, -0.2) is 40.6 Å². The Morgan fingerprint density at radius 3 is 2.36 bits per heavy atom. The lowest BCUT2D eigenvalue weighted by Crippen LogP contribution is -2.45. The van der Waals surface area contributed by atoms with Gasteiger partial charge >= 0.3 is 5.97 Å². The summed E-state index contributed by atoms with van der Waals surface area (Å²) in [7, 11) is -1.42. The van der Waals surface area contributed by atoms with Gasteiger partial charge in [-0.3, -0.25) is 9.59 Å². The van der Waals surface area contributed by atoms with E-state index in [1.807, 2.05) is 6.92 Å². The summed E-state index contributed by atoms with van der Waals surface area (Å²) in [5.74, 6) is -1.02. The molecule has 0 spiro atoms. The Morgan fingerprint density at radius 1 is 1.24 bits per heavy atom. The molecule has 2 atom stereocenters. The van der Waals surface area contributed by atoms with Gasteiger partial charge in [0.2, 0.25) is 15.9 Å². The molecule has 1 amide bonds. The van der Waals surface area contributed by atoms with Crippen molar-refractivity contribution in [2.45, 2.75) is 38.1 Å². The van der Waals surface area contributed by atoms with Crippen LogP contribution in [0.3, 0.4) is 0 Å². The first-order valence-electron chi connectivity index (χ1n) is 7.72. The second-order valence-corrected chi connectivity index (χ2v) is 7.26. The highest BCUT2D eigenvalue weighted by Gasteiger charge is 2.30. The van der Waals surface area contributed by atoms with E-state index in [9.17, 15) is 18.0 Å². The molecule has 1 aromatic carbocycles. The van der Waals surface area contributed by atoms with Crippen molar-refractivity contribution in [3.05, 3.63) is 18.2 Å². The third-order valence-corrected chi connectivity index (χ3v) is 5.18. The Balaban J connectivity index is 3.20. The summed E-state index contributed by atoms with van der Waals surface area (Å²) in [6.07, 6.45) is 0.590. The van der Waals surface area contributed by atoms with Crippen molar-refractivity contribution in [2.24, 2.45) is 5.92 Å². The van der Waals surface area contributed by atoms with Gasteiger partial charge in [0.25, 0.3) is 0 Å². The number of ether oxygens (including phenoxy) is 2. The fourth-order valence-corrected chi connectivity index (χ4v) is 3.43. The third kappa shape index (κ3) is 5.43. The van der Waals surface area contributed by atoms with E-state index in [1.54, 1.807) is 6.92 Å². The highest BCUT2D eigenvalue weighted by atomic mass is 32.2. The van der Waals surface area contributed by atoms with Gasteiger partial charge in [-0.25, -0.2) is 8.42 Å². The van der Waals surface area contributed by atoms with Crippen LogP contribution in [0.4, 0.5) is 5.69 Å². The summed E-state index contributed by atoms with van der Waals surface area (Å²) in [5, 5.41) is 2.55. The van der Waals surface area contributed by atoms with Crippen LogP contribution in [0.15, 0.2) is 23.1 Å². The van der Waals surface area contributed by atoms with Crippen molar-refractivity contribution >= 4 is 27.6 Å². The van der Waals surface area contributed by atoms with E-state index >= 15 is 0 Å². The minimum Gasteiger partial charge on any atom is -0.495 e. The monoisotopic (exact) mass is 372 g/mol. The smallest absolute Gasteiger partial charge is 0.324 e. The first-order chi connectivity index (χ1) is 11.7. The molecule has 25 heavy (non-hydrogen) atoms. The van der Waals surface area contributed by atoms with E-state index in [0.29, 0.717) is 12.1 Å². The number of anilines is 1. The first kappa shape index (κ1) is 20.9. The van der Waals surface area contributed by atoms with Gasteiger partial charge in [0, 0.05) is 13.0 Å². The molecule has 140 valence electrons. The van der Waals surface area contributed by atoms with Gasteiger partial charge in [0.05, 0.1) is 24.8 Å². The molecular weight excluding hydrogens is 348 g/mol.